The van der Waals surface area contributed by atoms with E-state index in [-0.39, 0.29) is 18.4 Å². The Morgan fingerprint density at radius 1 is 1.30 bits per heavy atom. The van der Waals surface area contributed by atoms with Crippen LogP contribution in [0.2, 0.25) is 0 Å². The standard InChI is InChI=1S/C16H13BrN2O4/c1-22-10-3-4-12(17)11(7-10)16(21)18-9-2-5-14-13(6-9)19-15(20)8-23-14/h2-7H,8H2,1H3,(H,18,21)(H,19,20). The number of carbonyl (C=O) groups is 2. The van der Waals surface area contributed by atoms with Gasteiger partial charge in [0.25, 0.3) is 11.8 Å². The fourth-order valence-corrected chi connectivity index (χ4v) is 2.59. The van der Waals surface area contributed by atoms with Crippen molar-refractivity contribution in [2.24, 2.45) is 0 Å². The number of anilines is 2. The maximum atomic E-state index is 12.4. The van der Waals surface area contributed by atoms with E-state index >= 15 is 0 Å². The van der Waals surface area contributed by atoms with Crippen LogP contribution in [-0.4, -0.2) is 25.5 Å². The average Bonchev–Trinajstić information content (AvgIpc) is 2.54. The van der Waals surface area contributed by atoms with E-state index < -0.39 is 0 Å². The summed E-state index contributed by atoms with van der Waals surface area (Å²) in [5, 5.41) is 5.48. The van der Waals surface area contributed by atoms with E-state index in [9.17, 15) is 9.59 Å². The van der Waals surface area contributed by atoms with E-state index in [1.54, 1.807) is 36.4 Å². The number of halogens is 1. The average molecular weight is 377 g/mol. The molecule has 0 saturated carbocycles. The van der Waals surface area contributed by atoms with Crippen molar-refractivity contribution in [3.63, 3.8) is 0 Å². The highest BCUT2D eigenvalue weighted by Crippen LogP contribution is 2.31. The Morgan fingerprint density at radius 3 is 2.91 bits per heavy atom. The quantitative estimate of drug-likeness (QED) is 0.862. The number of carbonyl (C=O) groups excluding carboxylic acids is 2. The molecule has 3 rings (SSSR count). The minimum absolute atomic E-state index is 0.00450. The molecule has 0 atom stereocenters. The van der Waals surface area contributed by atoms with E-state index in [0.717, 1.165) is 0 Å². The molecule has 0 bridgehead atoms. The van der Waals surface area contributed by atoms with Gasteiger partial charge in [0.1, 0.15) is 11.5 Å². The van der Waals surface area contributed by atoms with Crippen molar-refractivity contribution in [1.29, 1.82) is 0 Å². The number of ether oxygens (including phenoxy) is 2. The number of nitrogens with one attached hydrogen (secondary N) is 2. The van der Waals surface area contributed by atoms with Gasteiger partial charge < -0.3 is 20.1 Å². The molecule has 2 aromatic carbocycles. The van der Waals surface area contributed by atoms with E-state index in [2.05, 4.69) is 26.6 Å². The highest BCUT2D eigenvalue weighted by Gasteiger charge is 2.17. The molecular weight excluding hydrogens is 364 g/mol. The molecule has 0 spiro atoms. The molecule has 1 heterocycles. The van der Waals surface area contributed by atoms with Gasteiger partial charge >= 0.3 is 0 Å². The smallest absolute Gasteiger partial charge is 0.262 e. The Kier molecular flexibility index (Phi) is 4.20. The fraction of sp³-hybridized carbons (Fsp3) is 0.125. The SMILES string of the molecule is COc1ccc(Br)c(C(=O)Nc2ccc3c(c2)NC(=O)CO3)c1. The molecule has 6 nitrogen and oxygen atoms in total. The highest BCUT2D eigenvalue weighted by atomic mass is 79.9. The Hall–Kier alpha value is -2.54. The largest absolute Gasteiger partial charge is 0.497 e. The first kappa shape index (κ1) is 15.4. The van der Waals surface area contributed by atoms with Crippen molar-refractivity contribution in [2.75, 3.05) is 24.4 Å². The summed E-state index contributed by atoms with van der Waals surface area (Å²) < 4.78 is 11.1. The first-order chi connectivity index (χ1) is 11.1. The van der Waals surface area contributed by atoms with Gasteiger partial charge in [-0.1, -0.05) is 0 Å². The normalized spacial score (nSPS) is 12.7. The van der Waals surface area contributed by atoms with Gasteiger partial charge in [0.05, 0.1) is 18.4 Å². The van der Waals surface area contributed by atoms with Crippen molar-refractivity contribution in [3.05, 3.63) is 46.4 Å². The summed E-state index contributed by atoms with van der Waals surface area (Å²) in [7, 11) is 1.54. The predicted molar refractivity (Wildman–Crippen MR) is 89.2 cm³/mol. The molecule has 0 aromatic heterocycles. The zero-order chi connectivity index (χ0) is 16.4. The molecule has 0 radical (unpaired) electrons. The van der Waals surface area contributed by atoms with E-state index in [1.807, 2.05) is 0 Å². The second-order valence-corrected chi connectivity index (χ2v) is 5.70. The number of fused-ring (bicyclic) bond motifs is 1. The van der Waals surface area contributed by atoms with Crippen LogP contribution in [0.25, 0.3) is 0 Å². The molecular formula is C16H13BrN2O4. The van der Waals surface area contributed by atoms with Crippen LogP contribution in [0.4, 0.5) is 11.4 Å². The molecule has 118 valence electrons. The van der Waals surface area contributed by atoms with Crippen molar-refractivity contribution in [1.82, 2.24) is 0 Å². The lowest BCUT2D eigenvalue weighted by Gasteiger charge is -2.18. The molecule has 1 aliphatic heterocycles. The third-order valence-corrected chi connectivity index (χ3v) is 3.98. The van der Waals surface area contributed by atoms with Crippen LogP contribution in [-0.2, 0) is 4.79 Å². The van der Waals surface area contributed by atoms with Gasteiger partial charge in [0.2, 0.25) is 0 Å². The molecule has 23 heavy (non-hydrogen) atoms. The first-order valence-electron chi connectivity index (χ1n) is 6.78. The summed E-state index contributed by atoms with van der Waals surface area (Å²) in [4.78, 5) is 23.8. The number of methoxy groups -OCH3 is 1. The lowest BCUT2D eigenvalue weighted by atomic mass is 10.2. The van der Waals surface area contributed by atoms with Crippen molar-refractivity contribution < 1.29 is 19.1 Å². The summed E-state index contributed by atoms with van der Waals surface area (Å²) in [6.45, 7) is -0.00450. The van der Waals surface area contributed by atoms with Crippen LogP contribution in [0.1, 0.15) is 10.4 Å². The molecule has 0 unspecified atom stereocenters. The third-order valence-electron chi connectivity index (χ3n) is 3.29. The van der Waals surface area contributed by atoms with Crippen LogP contribution in [0.5, 0.6) is 11.5 Å². The number of rotatable bonds is 3. The molecule has 2 aromatic rings. The van der Waals surface area contributed by atoms with Crippen LogP contribution in [0.15, 0.2) is 40.9 Å². The Labute approximate surface area is 140 Å². The van der Waals surface area contributed by atoms with Gasteiger partial charge in [-0.3, -0.25) is 9.59 Å². The summed E-state index contributed by atoms with van der Waals surface area (Å²) in [6, 6.07) is 10.2. The summed E-state index contributed by atoms with van der Waals surface area (Å²) in [5.41, 5.74) is 1.53. The Morgan fingerprint density at radius 2 is 2.13 bits per heavy atom. The fourth-order valence-electron chi connectivity index (χ4n) is 2.16. The number of benzene rings is 2. The van der Waals surface area contributed by atoms with Crippen LogP contribution in [0, 0.1) is 0 Å². The second kappa shape index (κ2) is 6.29. The van der Waals surface area contributed by atoms with Crippen molar-refractivity contribution in [3.8, 4) is 11.5 Å². The summed E-state index contributed by atoms with van der Waals surface area (Å²) >= 11 is 3.35. The van der Waals surface area contributed by atoms with E-state index in [1.165, 1.54) is 7.11 Å². The first-order valence-corrected chi connectivity index (χ1v) is 7.58. The lowest BCUT2D eigenvalue weighted by molar-refractivity contribution is -0.118. The predicted octanol–water partition coefficient (Wildman–Crippen LogP) is 3.04. The Bertz CT molecular complexity index is 792. The molecule has 1 aliphatic rings. The molecule has 0 aliphatic carbocycles. The van der Waals surface area contributed by atoms with Gasteiger partial charge in [0.15, 0.2) is 6.61 Å². The van der Waals surface area contributed by atoms with Gasteiger partial charge in [-0.05, 0) is 52.3 Å². The summed E-state index contributed by atoms with van der Waals surface area (Å²) in [6.07, 6.45) is 0. The van der Waals surface area contributed by atoms with Crippen molar-refractivity contribution in [2.45, 2.75) is 0 Å². The van der Waals surface area contributed by atoms with Gasteiger partial charge in [-0.2, -0.15) is 0 Å². The minimum atomic E-state index is -0.293. The Balaban J connectivity index is 1.83. The maximum Gasteiger partial charge on any atom is 0.262 e. The minimum Gasteiger partial charge on any atom is -0.497 e. The highest BCUT2D eigenvalue weighted by molar-refractivity contribution is 9.10. The zero-order valence-electron chi connectivity index (χ0n) is 12.2. The van der Waals surface area contributed by atoms with Gasteiger partial charge in [-0.15, -0.1) is 0 Å². The lowest BCUT2D eigenvalue weighted by Crippen LogP contribution is -2.25. The molecule has 7 heteroatoms. The zero-order valence-corrected chi connectivity index (χ0v) is 13.8. The summed E-state index contributed by atoms with van der Waals surface area (Å²) in [5.74, 6) is 0.643. The molecule has 2 N–H and O–H groups in total. The molecule has 0 saturated heterocycles. The number of hydrogen-bond donors (Lipinski definition) is 2. The molecule has 0 fully saturated rings. The topological polar surface area (TPSA) is 76.7 Å². The van der Waals surface area contributed by atoms with Crippen LogP contribution >= 0.6 is 15.9 Å². The van der Waals surface area contributed by atoms with E-state index in [4.69, 9.17) is 9.47 Å². The second-order valence-electron chi connectivity index (χ2n) is 4.85. The monoisotopic (exact) mass is 376 g/mol. The maximum absolute atomic E-state index is 12.4. The van der Waals surface area contributed by atoms with Crippen LogP contribution < -0.4 is 20.1 Å². The van der Waals surface area contributed by atoms with Gasteiger partial charge in [-0.25, -0.2) is 0 Å². The van der Waals surface area contributed by atoms with E-state index in [0.29, 0.717) is 32.9 Å². The van der Waals surface area contributed by atoms with Crippen LogP contribution in [0.3, 0.4) is 0 Å². The number of amides is 2. The van der Waals surface area contributed by atoms with Crippen molar-refractivity contribution >= 4 is 39.1 Å². The number of hydrogen-bond acceptors (Lipinski definition) is 4. The third kappa shape index (κ3) is 3.29. The molecule has 2 amide bonds. The van der Waals surface area contributed by atoms with Gasteiger partial charge in [0, 0.05) is 10.2 Å².